The van der Waals surface area contributed by atoms with Gasteiger partial charge in [-0.05, 0) is 116 Å². The van der Waals surface area contributed by atoms with Crippen LogP contribution in [0.15, 0.2) is 121 Å². The van der Waals surface area contributed by atoms with Gasteiger partial charge in [-0.25, -0.2) is 0 Å². The van der Waals surface area contributed by atoms with Crippen molar-refractivity contribution in [2.75, 3.05) is 35.0 Å². The van der Waals surface area contributed by atoms with Crippen molar-refractivity contribution in [3.05, 3.63) is 154 Å². The van der Waals surface area contributed by atoms with E-state index in [1.807, 2.05) is 78.9 Å². The fourth-order valence-electron chi connectivity index (χ4n) is 9.81. The highest BCUT2D eigenvalue weighted by Crippen LogP contribution is 2.59. The lowest BCUT2D eigenvalue weighted by atomic mass is 9.64. The molecule has 3 aliphatic rings. The summed E-state index contributed by atoms with van der Waals surface area (Å²) in [4.78, 5) is 31.3. The van der Waals surface area contributed by atoms with E-state index >= 15 is 0 Å². The van der Waals surface area contributed by atoms with Gasteiger partial charge in [0.25, 0.3) is 0 Å². The topological polar surface area (TPSA) is 115 Å². The van der Waals surface area contributed by atoms with Crippen LogP contribution in [0.2, 0.25) is 0 Å². The maximum absolute atomic E-state index is 14.8. The van der Waals surface area contributed by atoms with E-state index in [2.05, 4.69) is 38.1 Å². The van der Waals surface area contributed by atoms with Gasteiger partial charge in [-0.1, -0.05) is 91.4 Å². The van der Waals surface area contributed by atoms with Crippen molar-refractivity contribution >= 4 is 11.7 Å². The Hall–Kier alpha value is -5.90. The van der Waals surface area contributed by atoms with Gasteiger partial charge >= 0.3 is 0 Å². The predicted molar refractivity (Wildman–Crippen MR) is 247 cm³/mol. The molecular weight excluding hydrogens is 791 g/mol. The highest BCUT2D eigenvalue weighted by molar-refractivity contribution is 6.10. The van der Waals surface area contributed by atoms with Crippen molar-refractivity contribution in [2.45, 2.75) is 89.4 Å². The number of ether oxygens (including phenoxy) is 4. The van der Waals surface area contributed by atoms with Crippen LogP contribution in [0.4, 0.5) is 0 Å². The van der Waals surface area contributed by atoms with Crippen molar-refractivity contribution < 1.29 is 38.7 Å². The van der Waals surface area contributed by atoms with Crippen LogP contribution in [0.25, 0.3) is 11.1 Å². The molecule has 1 amide bonds. The van der Waals surface area contributed by atoms with Crippen LogP contribution >= 0.6 is 0 Å². The normalized spacial score (nSPS) is 21.1. The Morgan fingerprint density at radius 2 is 1.49 bits per heavy atom. The van der Waals surface area contributed by atoms with Gasteiger partial charge in [-0.2, -0.15) is 0 Å². The lowest BCUT2D eigenvalue weighted by molar-refractivity contribution is -0.140. The second-order valence-electron chi connectivity index (χ2n) is 17.5. The van der Waals surface area contributed by atoms with Crippen molar-refractivity contribution in [1.82, 2.24) is 4.90 Å². The van der Waals surface area contributed by atoms with Gasteiger partial charge in [-0.15, -0.1) is 0 Å². The number of allylic oxidation sites excluding steroid dienone is 2. The second-order valence-corrected chi connectivity index (χ2v) is 17.5. The molecule has 9 nitrogen and oxygen atoms in total. The van der Waals surface area contributed by atoms with Crippen LogP contribution in [0, 0.1) is 5.41 Å². The minimum atomic E-state index is -1.35. The number of aliphatic hydroxyl groups excluding tert-OH is 1. The van der Waals surface area contributed by atoms with Crippen LogP contribution in [0.1, 0.15) is 96.5 Å². The number of carbonyl (C=O) groups excluding carboxylic acids is 2. The van der Waals surface area contributed by atoms with E-state index in [1.165, 1.54) is 5.57 Å². The van der Waals surface area contributed by atoms with Gasteiger partial charge in [-0.3, -0.25) is 9.59 Å². The number of hydrogen-bond acceptors (Lipinski definition) is 8. The smallest absolute Gasteiger partial charge is 0.227 e. The Morgan fingerprint density at radius 1 is 0.762 bits per heavy atom. The van der Waals surface area contributed by atoms with E-state index < -0.39 is 17.1 Å². The maximum atomic E-state index is 14.8. The molecule has 0 aromatic heterocycles. The molecule has 5 aromatic carbocycles. The van der Waals surface area contributed by atoms with Gasteiger partial charge in [0.15, 0.2) is 17.3 Å². The van der Waals surface area contributed by atoms with Crippen LogP contribution in [0.3, 0.4) is 0 Å². The first kappa shape index (κ1) is 45.1. The Labute approximate surface area is 372 Å². The van der Waals surface area contributed by atoms with Gasteiger partial charge in [0.1, 0.15) is 11.5 Å². The minimum Gasteiger partial charge on any atom is -0.497 e. The molecule has 1 saturated carbocycles. The molecule has 2 bridgehead atoms. The van der Waals surface area contributed by atoms with E-state index in [1.54, 1.807) is 45.5 Å². The second kappa shape index (κ2) is 19.7. The summed E-state index contributed by atoms with van der Waals surface area (Å²) in [6.07, 6.45) is 5.82. The Balaban J connectivity index is 1.29. The fraction of sp³-hybridized carbons (Fsp3) is 0.370. The largest absolute Gasteiger partial charge is 0.497 e. The molecule has 0 spiro atoms. The number of aliphatic hydroxyl groups is 2. The van der Waals surface area contributed by atoms with E-state index in [-0.39, 0.29) is 37.1 Å². The summed E-state index contributed by atoms with van der Waals surface area (Å²) in [5, 5.41) is 24.5. The molecular formula is C54H61NO8. The summed E-state index contributed by atoms with van der Waals surface area (Å²) >= 11 is 0. The monoisotopic (exact) mass is 851 g/mol. The van der Waals surface area contributed by atoms with Crippen LogP contribution < -0.4 is 18.9 Å². The maximum Gasteiger partial charge on any atom is 0.227 e. The van der Waals surface area contributed by atoms with E-state index in [4.69, 9.17) is 18.9 Å². The molecule has 1 fully saturated rings. The van der Waals surface area contributed by atoms with E-state index in [0.29, 0.717) is 72.6 Å². The van der Waals surface area contributed by atoms with Gasteiger partial charge in [0.05, 0.1) is 53.1 Å². The molecule has 5 aromatic rings. The number of fused-ring (bicyclic) bond motifs is 8. The lowest BCUT2D eigenvalue weighted by Gasteiger charge is -2.46. The first-order valence-electron chi connectivity index (χ1n) is 22.0. The Morgan fingerprint density at radius 3 is 2.21 bits per heavy atom. The first-order chi connectivity index (χ1) is 30.4. The van der Waals surface area contributed by atoms with Crippen molar-refractivity contribution in [1.29, 1.82) is 0 Å². The van der Waals surface area contributed by atoms with Crippen molar-refractivity contribution in [3.63, 3.8) is 0 Å². The third kappa shape index (κ3) is 9.85. The first-order valence-corrected chi connectivity index (χ1v) is 22.0. The summed E-state index contributed by atoms with van der Waals surface area (Å²) in [5.41, 5.74) is 5.61. The molecule has 0 aliphatic heterocycles. The Kier molecular flexibility index (Phi) is 14.1. The standard InChI is InChI=1S/C54H61NO8/c1-36-11-10-27-53(2)47(45-24-15-37(29-43(56)22-14-36)30-46(45)52(58)41-19-17-40(18-20-41)39-12-8-7-9-13-39)26-28-54(53,59)35-55(34-42-21-23-44(60-3)33-49(42)62-5)51(57)32-38-16-25-48(61-4)50(31-38)63-6/h7-9,11-13,15-21,23-25,30-31,33,43,47,56,59H,10,14,22,26-29,32,34-35H2,1-6H3. The number of methoxy groups -OCH3 is 4. The van der Waals surface area contributed by atoms with Crippen molar-refractivity contribution in [3.8, 4) is 34.1 Å². The molecule has 4 unspecified atom stereocenters. The number of carbonyl (C=O) groups is 2. The molecule has 3 aliphatic carbocycles. The summed E-state index contributed by atoms with van der Waals surface area (Å²) in [6.45, 7) is 4.48. The average Bonchev–Trinajstić information content (AvgIpc) is 3.56. The van der Waals surface area contributed by atoms with Gasteiger partial charge < -0.3 is 34.1 Å². The van der Waals surface area contributed by atoms with E-state index in [9.17, 15) is 19.8 Å². The molecule has 9 heteroatoms. The van der Waals surface area contributed by atoms with Crippen LogP contribution in [-0.2, 0) is 24.2 Å². The molecule has 0 radical (unpaired) electrons. The summed E-state index contributed by atoms with van der Waals surface area (Å²) in [7, 11) is 6.34. The molecule has 63 heavy (non-hydrogen) atoms. The Bertz CT molecular complexity index is 2430. The summed E-state index contributed by atoms with van der Waals surface area (Å²) < 4.78 is 22.3. The highest BCUT2D eigenvalue weighted by Gasteiger charge is 2.57. The molecule has 330 valence electrons. The number of amides is 1. The van der Waals surface area contributed by atoms with Crippen LogP contribution in [0.5, 0.6) is 23.0 Å². The number of hydrogen-bond donors (Lipinski definition) is 2. The zero-order valence-corrected chi connectivity index (χ0v) is 37.5. The number of benzene rings is 5. The molecule has 0 heterocycles. The quantitative estimate of drug-likeness (QED) is 0.0890. The molecule has 2 N–H and O–H groups in total. The number of rotatable bonds is 13. The van der Waals surface area contributed by atoms with E-state index in [0.717, 1.165) is 39.8 Å². The highest BCUT2D eigenvalue weighted by atomic mass is 16.5. The zero-order chi connectivity index (χ0) is 44.7. The SMILES string of the molecule is COc1ccc(CN(CC2(O)CCC3c4ccc(cc4C(=O)c4ccc(-c5ccccc5)cc4)CC(O)CCC(C)=CCCC32C)C(=O)Cc2ccc(OC)c(OC)c2)c(OC)c1. The van der Waals surface area contributed by atoms with Gasteiger partial charge in [0, 0.05) is 34.7 Å². The average molecular weight is 852 g/mol. The zero-order valence-electron chi connectivity index (χ0n) is 37.5. The third-order valence-corrected chi connectivity index (χ3v) is 13.6. The van der Waals surface area contributed by atoms with Crippen molar-refractivity contribution in [2.24, 2.45) is 5.41 Å². The number of nitrogens with zero attached hydrogens (tertiary/aromatic N) is 1. The minimum absolute atomic E-state index is 0.0541. The summed E-state index contributed by atoms with van der Waals surface area (Å²) in [6, 6.07) is 34.9. The molecule has 8 rings (SSSR count). The molecule has 4 atom stereocenters. The summed E-state index contributed by atoms with van der Waals surface area (Å²) in [5.74, 6) is 1.80. The fourth-order valence-corrected chi connectivity index (χ4v) is 9.81. The van der Waals surface area contributed by atoms with Gasteiger partial charge in [0.2, 0.25) is 5.91 Å². The predicted octanol–water partition coefficient (Wildman–Crippen LogP) is 9.93. The lowest BCUT2D eigenvalue weighted by Crippen LogP contribution is -2.53. The number of ketones is 1. The van der Waals surface area contributed by atoms with Crippen LogP contribution in [-0.4, -0.2) is 73.5 Å². The third-order valence-electron chi connectivity index (χ3n) is 13.6. The molecule has 0 saturated heterocycles.